The second-order valence-corrected chi connectivity index (χ2v) is 5.86. The van der Waals surface area contributed by atoms with Gasteiger partial charge in [0, 0.05) is 38.4 Å². The largest absolute Gasteiger partial charge is 0.481 e. The predicted octanol–water partition coefficient (Wildman–Crippen LogP) is 1.44. The number of aromatic nitrogens is 2. The summed E-state index contributed by atoms with van der Waals surface area (Å²) in [6.07, 6.45) is 2.18. The van der Waals surface area contributed by atoms with E-state index in [0.717, 1.165) is 18.7 Å². The molecule has 1 amide bonds. The van der Waals surface area contributed by atoms with E-state index < -0.39 is 0 Å². The highest BCUT2D eigenvalue weighted by Crippen LogP contribution is 2.15. The number of carbonyl (C=O) groups is 1. The molecule has 22 heavy (non-hydrogen) atoms. The Bertz CT molecular complexity index is 624. The van der Waals surface area contributed by atoms with Gasteiger partial charge in [0.05, 0.1) is 13.5 Å². The zero-order chi connectivity index (χ0) is 15.4. The minimum atomic E-state index is 0.185. The molecule has 0 spiro atoms. The summed E-state index contributed by atoms with van der Waals surface area (Å²) in [4.78, 5) is 24.9. The standard InChI is InChI=1S/C15H18N4O2S/c1-21-13-2-4-16-15(17-13)19-7-5-18(6-8-19)14(20)10-12-3-9-22-11-12/h2-4,9,11H,5-8,10H2,1H3. The fourth-order valence-electron chi connectivity index (χ4n) is 2.43. The Hall–Kier alpha value is -2.15. The van der Waals surface area contributed by atoms with Crippen LogP contribution in [-0.4, -0.2) is 54.1 Å². The van der Waals surface area contributed by atoms with Crippen LogP contribution in [0.3, 0.4) is 0 Å². The molecule has 0 aliphatic carbocycles. The number of carbonyl (C=O) groups excluding carboxylic acids is 1. The second-order valence-electron chi connectivity index (χ2n) is 5.08. The number of methoxy groups -OCH3 is 1. The minimum absolute atomic E-state index is 0.185. The number of hydrogen-bond donors (Lipinski definition) is 0. The molecule has 1 saturated heterocycles. The molecule has 0 saturated carbocycles. The molecule has 7 heteroatoms. The first-order valence-electron chi connectivity index (χ1n) is 7.17. The lowest BCUT2D eigenvalue weighted by atomic mass is 10.2. The van der Waals surface area contributed by atoms with E-state index in [2.05, 4.69) is 14.9 Å². The van der Waals surface area contributed by atoms with Crippen LogP contribution in [0.4, 0.5) is 5.95 Å². The summed E-state index contributed by atoms with van der Waals surface area (Å²) in [5.74, 6) is 1.40. The number of rotatable bonds is 4. The Labute approximate surface area is 133 Å². The molecule has 6 nitrogen and oxygen atoms in total. The van der Waals surface area contributed by atoms with Crippen LogP contribution in [0.1, 0.15) is 5.56 Å². The Morgan fingerprint density at radius 3 is 2.82 bits per heavy atom. The molecule has 0 N–H and O–H groups in total. The van der Waals surface area contributed by atoms with Gasteiger partial charge in [0.1, 0.15) is 0 Å². The van der Waals surface area contributed by atoms with E-state index in [1.165, 1.54) is 0 Å². The van der Waals surface area contributed by atoms with Crippen LogP contribution in [0.5, 0.6) is 5.88 Å². The second kappa shape index (κ2) is 6.74. The first-order valence-corrected chi connectivity index (χ1v) is 8.11. The van der Waals surface area contributed by atoms with Crippen molar-refractivity contribution in [1.29, 1.82) is 0 Å². The molecule has 0 unspecified atom stereocenters. The highest BCUT2D eigenvalue weighted by Gasteiger charge is 2.22. The molecule has 2 aromatic rings. The normalized spacial score (nSPS) is 15.0. The fraction of sp³-hybridized carbons (Fsp3) is 0.400. The first-order chi connectivity index (χ1) is 10.8. The van der Waals surface area contributed by atoms with Crippen LogP contribution in [-0.2, 0) is 11.2 Å². The molecule has 1 fully saturated rings. The van der Waals surface area contributed by atoms with Crippen LogP contribution in [0, 0.1) is 0 Å². The van der Waals surface area contributed by atoms with Gasteiger partial charge in [0.2, 0.25) is 17.7 Å². The van der Waals surface area contributed by atoms with Gasteiger partial charge in [0.15, 0.2) is 0 Å². The number of hydrogen-bond acceptors (Lipinski definition) is 6. The lowest BCUT2D eigenvalue weighted by Gasteiger charge is -2.34. The molecule has 0 atom stereocenters. The summed E-state index contributed by atoms with van der Waals surface area (Å²) < 4.78 is 5.12. The van der Waals surface area contributed by atoms with Crippen molar-refractivity contribution in [2.45, 2.75) is 6.42 Å². The van der Waals surface area contributed by atoms with E-state index in [4.69, 9.17) is 4.74 Å². The molecule has 2 aromatic heterocycles. The van der Waals surface area contributed by atoms with Crippen molar-refractivity contribution in [3.63, 3.8) is 0 Å². The molecule has 116 valence electrons. The molecular weight excluding hydrogens is 300 g/mol. The Balaban J connectivity index is 1.56. The molecule has 0 radical (unpaired) electrons. The smallest absolute Gasteiger partial charge is 0.228 e. The van der Waals surface area contributed by atoms with E-state index in [-0.39, 0.29) is 5.91 Å². The molecule has 1 aliphatic heterocycles. The van der Waals surface area contributed by atoms with E-state index in [1.807, 2.05) is 21.7 Å². The van der Waals surface area contributed by atoms with Crippen molar-refractivity contribution in [2.75, 3.05) is 38.2 Å². The van der Waals surface area contributed by atoms with E-state index >= 15 is 0 Å². The summed E-state index contributed by atoms with van der Waals surface area (Å²) >= 11 is 1.62. The maximum atomic E-state index is 12.3. The number of thiophene rings is 1. The maximum absolute atomic E-state index is 12.3. The van der Waals surface area contributed by atoms with Gasteiger partial charge in [-0.15, -0.1) is 0 Å². The Morgan fingerprint density at radius 1 is 1.32 bits per heavy atom. The molecule has 3 rings (SSSR count). The number of ether oxygens (including phenoxy) is 1. The maximum Gasteiger partial charge on any atom is 0.228 e. The van der Waals surface area contributed by atoms with Crippen molar-refractivity contribution in [3.8, 4) is 5.88 Å². The SMILES string of the molecule is COc1ccnc(N2CCN(C(=O)Cc3ccsc3)CC2)n1. The minimum Gasteiger partial charge on any atom is -0.481 e. The molecule has 1 aliphatic rings. The number of amides is 1. The summed E-state index contributed by atoms with van der Waals surface area (Å²) in [6, 6.07) is 3.73. The van der Waals surface area contributed by atoms with Crippen LogP contribution in [0.2, 0.25) is 0 Å². The fourth-order valence-corrected chi connectivity index (χ4v) is 3.10. The molecule has 0 aromatic carbocycles. The highest BCUT2D eigenvalue weighted by molar-refractivity contribution is 7.07. The van der Waals surface area contributed by atoms with Crippen LogP contribution >= 0.6 is 11.3 Å². The topological polar surface area (TPSA) is 58.6 Å². The van der Waals surface area contributed by atoms with Crippen LogP contribution in [0.15, 0.2) is 29.1 Å². The average Bonchev–Trinajstić information content (AvgIpc) is 3.08. The zero-order valence-corrected chi connectivity index (χ0v) is 13.3. The van der Waals surface area contributed by atoms with Gasteiger partial charge in [-0.3, -0.25) is 4.79 Å². The van der Waals surface area contributed by atoms with Gasteiger partial charge in [-0.1, -0.05) is 0 Å². The number of anilines is 1. The monoisotopic (exact) mass is 318 g/mol. The average molecular weight is 318 g/mol. The van der Waals surface area contributed by atoms with Crippen molar-refractivity contribution in [2.24, 2.45) is 0 Å². The van der Waals surface area contributed by atoms with Crippen LogP contribution in [0.25, 0.3) is 0 Å². The van der Waals surface area contributed by atoms with Gasteiger partial charge < -0.3 is 14.5 Å². The lowest BCUT2D eigenvalue weighted by Crippen LogP contribution is -2.49. The zero-order valence-electron chi connectivity index (χ0n) is 12.4. The summed E-state index contributed by atoms with van der Waals surface area (Å²) in [5, 5.41) is 4.03. The van der Waals surface area contributed by atoms with Gasteiger partial charge in [-0.25, -0.2) is 4.98 Å². The lowest BCUT2D eigenvalue weighted by molar-refractivity contribution is -0.130. The van der Waals surface area contributed by atoms with Crippen molar-refractivity contribution in [1.82, 2.24) is 14.9 Å². The summed E-state index contributed by atoms with van der Waals surface area (Å²) in [6.45, 7) is 2.87. The number of piperazine rings is 1. The third-order valence-electron chi connectivity index (χ3n) is 3.68. The van der Waals surface area contributed by atoms with Crippen molar-refractivity contribution < 1.29 is 9.53 Å². The molecular formula is C15H18N4O2S. The first kappa shape index (κ1) is 14.8. The van der Waals surface area contributed by atoms with E-state index in [0.29, 0.717) is 31.3 Å². The van der Waals surface area contributed by atoms with E-state index in [1.54, 1.807) is 30.7 Å². The number of nitrogens with zero attached hydrogens (tertiary/aromatic N) is 4. The third-order valence-corrected chi connectivity index (χ3v) is 4.41. The van der Waals surface area contributed by atoms with Gasteiger partial charge in [-0.05, 0) is 22.4 Å². The van der Waals surface area contributed by atoms with Gasteiger partial charge in [-0.2, -0.15) is 16.3 Å². The molecule has 3 heterocycles. The Kier molecular flexibility index (Phi) is 4.53. The van der Waals surface area contributed by atoms with Gasteiger partial charge in [0.25, 0.3) is 0 Å². The van der Waals surface area contributed by atoms with Crippen molar-refractivity contribution >= 4 is 23.2 Å². The molecule has 0 bridgehead atoms. The quantitative estimate of drug-likeness (QED) is 0.854. The van der Waals surface area contributed by atoms with Gasteiger partial charge >= 0.3 is 0 Å². The highest BCUT2D eigenvalue weighted by atomic mass is 32.1. The van der Waals surface area contributed by atoms with Crippen LogP contribution < -0.4 is 9.64 Å². The Morgan fingerprint density at radius 2 is 2.14 bits per heavy atom. The van der Waals surface area contributed by atoms with Crippen molar-refractivity contribution in [3.05, 3.63) is 34.7 Å². The third kappa shape index (κ3) is 3.36. The summed E-state index contributed by atoms with van der Waals surface area (Å²) in [5.41, 5.74) is 1.09. The van der Waals surface area contributed by atoms with E-state index in [9.17, 15) is 4.79 Å². The predicted molar refractivity (Wildman–Crippen MR) is 85.4 cm³/mol. The summed E-state index contributed by atoms with van der Waals surface area (Å²) in [7, 11) is 1.59.